The van der Waals surface area contributed by atoms with E-state index in [1.807, 2.05) is 47.9 Å². The quantitative estimate of drug-likeness (QED) is 0.556. The average Bonchev–Trinajstić information content (AvgIpc) is 2.98. The van der Waals surface area contributed by atoms with Crippen molar-refractivity contribution in [2.45, 2.75) is 23.9 Å². The highest BCUT2D eigenvalue weighted by atomic mass is 35.5. The topological polar surface area (TPSA) is 54.5 Å². The van der Waals surface area contributed by atoms with Crippen LogP contribution in [0.1, 0.15) is 12.5 Å². The fourth-order valence-corrected chi connectivity index (χ4v) is 3.57. The number of halogens is 2. The Kier molecular flexibility index (Phi) is 5.64. The van der Waals surface area contributed by atoms with Crippen molar-refractivity contribution in [1.82, 2.24) is 14.8 Å². The first-order chi connectivity index (χ1) is 12.1. The predicted molar refractivity (Wildman–Crippen MR) is 102 cm³/mol. The number of hydrogen-bond donors (Lipinski definition) is 0. The molecule has 0 N–H and O–H groups in total. The third-order valence-electron chi connectivity index (χ3n) is 3.54. The molecular formula is C18H14Cl2N4S. The summed E-state index contributed by atoms with van der Waals surface area (Å²) in [7, 11) is 0. The number of rotatable bonds is 5. The van der Waals surface area contributed by atoms with E-state index in [1.165, 1.54) is 11.8 Å². The third-order valence-corrected chi connectivity index (χ3v) is 5.06. The van der Waals surface area contributed by atoms with Gasteiger partial charge in [0.2, 0.25) is 0 Å². The van der Waals surface area contributed by atoms with Crippen molar-refractivity contribution < 1.29 is 0 Å². The van der Waals surface area contributed by atoms with Crippen LogP contribution in [0, 0.1) is 11.3 Å². The van der Waals surface area contributed by atoms with Gasteiger partial charge in [0.25, 0.3) is 0 Å². The van der Waals surface area contributed by atoms with Crippen LogP contribution < -0.4 is 0 Å². The van der Waals surface area contributed by atoms with Crippen molar-refractivity contribution in [3.05, 3.63) is 64.1 Å². The Morgan fingerprint density at radius 2 is 1.92 bits per heavy atom. The molecule has 0 bridgehead atoms. The minimum absolute atomic E-state index is 0.229. The van der Waals surface area contributed by atoms with Crippen LogP contribution in [0.15, 0.2) is 53.7 Å². The van der Waals surface area contributed by atoms with E-state index in [0.717, 1.165) is 11.1 Å². The first-order valence-corrected chi connectivity index (χ1v) is 9.21. The summed E-state index contributed by atoms with van der Waals surface area (Å²) in [6.07, 6.45) is 0. The molecule has 2 aromatic carbocycles. The van der Waals surface area contributed by atoms with Gasteiger partial charge >= 0.3 is 0 Å². The fourth-order valence-electron chi connectivity index (χ4n) is 2.34. The van der Waals surface area contributed by atoms with Crippen LogP contribution in [0.5, 0.6) is 0 Å². The summed E-state index contributed by atoms with van der Waals surface area (Å²) < 4.78 is 1.98. The fraction of sp³-hybridized carbons (Fsp3) is 0.167. The molecule has 0 saturated heterocycles. The lowest BCUT2D eigenvalue weighted by Gasteiger charge is -2.12. The molecule has 0 aliphatic heterocycles. The van der Waals surface area contributed by atoms with Crippen molar-refractivity contribution >= 4 is 35.0 Å². The second kappa shape index (κ2) is 7.92. The summed E-state index contributed by atoms with van der Waals surface area (Å²) in [4.78, 5) is 0. The maximum absolute atomic E-state index is 9.11. The molecule has 1 heterocycles. The van der Waals surface area contributed by atoms with E-state index < -0.39 is 0 Å². The standard InChI is InChI=1S/C18H14Cl2N4S/c1-12(10-21)25-18-23-22-17(15-8-7-14(19)9-16(15)20)24(18)11-13-5-3-2-4-6-13/h2-9,12H,11H2,1H3/t12-/m1/s1. The highest BCUT2D eigenvalue weighted by molar-refractivity contribution is 8.00. The van der Waals surface area contributed by atoms with Gasteiger partial charge in [-0.25, -0.2) is 0 Å². The smallest absolute Gasteiger partial charge is 0.193 e. The lowest BCUT2D eigenvalue weighted by Crippen LogP contribution is -2.06. The van der Waals surface area contributed by atoms with Crippen molar-refractivity contribution in [3.63, 3.8) is 0 Å². The Balaban J connectivity index is 2.07. The molecule has 0 aliphatic carbocycles. The highest BCUT2D eigenvalue weighted by Crippen LogP contribution is 2.32. The molecule has 3 rings (SSSR count). The monoisotopic (exact) mass is 388 g/mol. The Hall–Kier alpha value is -2.00. The van der Waals surface area contributed by atoms with Gasteiger partial charge in [0.05, 0.1) is 22.9 Å². The van der Waals surface area contributed by atoms with Crippen LogP contribution in [0.2, 0.25) is 10.0 Å². The molecule has 3 aromatic rings. The first-order valence-electron chi connectivity index (χ1n) is 7.57. The molecule has 1 atom stereocenters. The van der Waals surface area contributed by atoms with E-state index in [0.29, 0.717) is 27.6 Å². The maximum atomic E-state index is 9.11. The molecule has 0 saturated carbocycles. The SMILES string of the molecule is C[C@H](C#N)Sc1nnc(-c2ccc(Cl)cc2Cl)n1Cc1ccccc1. The summed E-state index contributed by atoms with van der Waals surface area (Å²) in [5, 5.41) is 19.2. The predicted octanol–water partition coefficient (Wildman–Crippen LogP) is 5.30. The van der Waals surface area contributed by atoms with Gasteiger partial charge in [-0.2, -0.15) is 5.26 Å². The van der Waals surface area contributed by atoms with Gasteiger partial charge in [0, 0.05) is 10.6 Å². The van der Waals surface area contributed by atoms with Crippen LogP contribution in [0.25, 0.3) is 11.4 Å². The van der Waals surface area contributed by atoms with Gasteiger partial charge in [-0.15, -0.1) is 10.2 Å². The van der Waals surface area contributed by atoms with E-state index in [4.69, 9.17) is 28.5 Å². The molecule has 126 valence electrons. The summed E-state index contributed by atoms with van der Waals surface area (Å²) >= 11 is 13.7. The van der Waals surface area contributed by atoms with Gasteiger partial charge in [0.15, 0.2) is 11.0 Å². The zero-order chi connectivity index (χ0) is 17.8. The summed E-state index contributed by atoms with van der Waals surface area (Å²) in [5.41, 5.74) is 1.87. The van der Waals surface area contributed by atoms with Crippen LogP contribution >= 0.6 is 35.0 Å². The van der Waals surface area contributed by atoms with Gasteiger partial charge in [-0.3, -0.25) is 4.57 Å². The maximum Gasteiger partial charge on any atom is 0.193 e. The summed E-state index contributed by atoms with van der Waals surface area (Å²) in [6, 6.07) is 17.5. The van der Waals surface area contributed by atoms with Crippen LogP contribution in [0.3, 0.4) is 0 Å². The van der Waals surface area contributed by atoms with Crippen molar-refractivity contribution in [3.8, 4) is 17.5 Å². The van der Waals surface area contributed by atoms with E-state index in [9.17, 15) is 0 Å². The minimum atomic E-state index is -0.229. The molecule has 0 radical (unpaired) electrons. The number of aromatic nitrogens is 3. The summed E-state index contributed by atoms with van der Waals surface area (Å²) in [5.74, 6) is 0.651. The second-order valence-electron chi connectivity index (χ2n) is 5.39. The van der Waals surface area contributed by atoms with Crippen molar-refractivity contribution in [1.29, 1.82) is 5.26 Å². The van der Waals surface area contributed by atoms with Crippen LogP contribution in [-0.2, 0) is 6.54 Å². The van der Waals surface area contributed by atoms with Crippen molar-refractivity contribution in [2.75, 3.05) is 0 Å². The minimum Gasteiger partial charge on any atom is -0.297 e. The molecule has 25 heavy (non-hydrogen) atoms. The lowest BCUT2D eigenvalue weighted by atomic mass is 10.2. The number of nitriles is 1. The van der Waals surface area contributed by atoms with Gasteiger partial charge in [-0.05, 0) is 30.7 Å². The molecule has 0 unspecified atom stereocenters. The van der Waals surface area contributed by atoms with E-state index in [-0.39, 0.29) is 5.25 Å². The second-order valence-corrected chi connectivity index (χ2v) is 7.54. The number of nitrogens with zero attached hydrogens (tertiary/aromatic N) is 4. The number of benzene rings is 2. The van der Waals surface area contributed by atoms with Gasteiger partial charge in [0.1, 0.15) is 0 Å². The largest absolute Gasteiger partial charge is 0.297 e. The Bertz CT molecular complexity index is 919. The Morgan fingerprint density at radius 3 is 2.60 bits per heavy atom. The average molecular weight is 389 g/mol. The normalized spacial score (nSPS) is 11.9. The number of thioether (sulfide) groups is 1. The van der Waals surface area contributed by atoms with Crippen LogP contribution in [0.4, 0.5) is 0 Å². The van der Waals surface area contributed by atoms with Gasteiger partial charge in [-0.1, -0.05) is 65.3 Å². The van der Waals surface area contributed by atoms with Crippen LogP contribution in [-0.4, -0.2) is 20.0 Å². The Morgan fingerprint density at radius 1 is 1.16 bits per heavy atom. The highest BCUT2D eigenvalue weighted by Gasteiger charge is 2.19. The van der Waals surface area contributed by atoms with Crippen molar-refractivity contribution in [2.24, 2.45) is 0 Å². The lowest BCUT2D eigenvalue weighted by molar-refractivity contribution is 0.714. The molecule has 1 aromatic heterocycles. The van der Waals surface area contributed by atoms with E-state index in [2.05, 4.69) is 16.3 Å². The first kappa shape index (κ1) is 17.8. The van der Waals surface area contributed by atoms with Gasteiger partial charge < -0.3 is 0 Å². The zero-order valence-electron chi connectivity index (χ0n) is 13.4. The molecular weight excluding hydrogens is 375 g/mol. The third kappa shape index (κ3) is 4.16. The van der Waals surface area contributed by atoms with E-state index in [1.54, 1.807) is 12.1 Å². The Labute approximate surface area is 160 Å². The molecule has 7 heteroatoms. The van der Waals surface area contributed by atoms with E-state index >= 15 is 0 Å². The number of hydrogen-bond acceptors (Lipinski definition) is 4. The summed E-state index contributed by atoms with van der Waals surface area (Å²) in [6.45, 7) is 2.42. The molecule has 0 spiro atoms. The zero-order valence-corrected chi connectivity index (χ0v) is 15.7. The molecule has 0 fully saturated rings. The molecule has 0 aliphatic rings. The molecule has 0 amide bonds. The molecule has 4 nitrogen and oxygen atoms in total.